The second-order valence-corrected chi connectivity index (χ2v) is 5.10. The van der Waals surface area contributed by atoms with Crippen LogP contribution in [0.1, 0.15) is 28.8 Å². The van der Waals surface area contributed by atoms with Gasteiger partial charge in [0.1, 0.15) is 5.75 Å². The summed E-state index contributed by atoms with van der Waals surface area (Å²) in [5, 5.41) is 3.16. The van der Waals surface area contributed by atoms with E-state index in [1.165, 1.54) is 5.56 Å². The van der Waals surface area contributed by atoms with Crippen molar-refractivity contribution in [1.82, 2.24) is 5.32 Å². The highest BCUT2D eigenvalue weighted by atomic mass is 16.5. The molecule has 0 spiro atoms. The molecule has 0 aliphatic heterocycles. The summed E-state index contributed by atoms with van der Waals surface area (Å²) in [5.74, 6) is 0.526. The maximum absolute atomic E-state index is 12.5. The van der Waals surface area contributed by atoms with Crippen molar-refractivity contribution in [2.45, 2.75) is 18.4 Å². The van der Waals surface area contributed by atoms with E-state index in [-0.39, 0.29) is 11.4 Å². The summed E-state index contributed by atoms with van der Waals surface area (Å²) in [6.07, 6.45) is 1.97. The lowest BCUT2D eigenvalue weighted by Gasteiger charge is -2.18. The number of ether oxygens (including phenoxy) is 1. The molecule has 3 heteroatoms. The fourth-order valence-electron chi connectivity index (χ4n) is 2.48. The zero-order chi connectivity index (χ0) is 14.0. The van der Waals surface area contributed by atoms with Crippen LogP contribution in [0.5, 0.6) is 5.75 Å². The molecular formula is C17H17NO2. The van der Waals surface area contributed by atoms with Gasteiger partial charge in [0, 0.05) is 0 Å². The molecule has 20 heavy (non-hydrogen) atoms. The molecule has 0 unspecified atom stereocenters. The fourth-order valence-corrected chi connectivity index (χ4v) is 2.48. The van der Waals surface area contributed by atoms with Gasteiger partial charge in [0.15, 0.2) is 0 Å². The Labute approximate surface area is 118 Å². The molecular weight excluding hydrogens is 250 g/mol. The van der Waals surface area contributed by atoms with Crippen molar-refractivity contribution in [3.05, 3.63) is 65.7 Å². The Hall–Kier alpha value is -2.29. The van der Waals surface area contributed by atoms with Crippen LogP contribution in [-0.4, -0.2) is 13.0 Å². The lowest BCUT2D eigenvalue weighted by atomic mass is 10.0. The number of amides is 1. The fraction of sp³-hybridized carbons (Fsp3) is 0.235. The molecule has 0 atom stereocenters. The summed E-state index contributed by atoms with van der Waals surface area (Å²) >= 11 is 0. The highest BCUT2D eigenvalue weighted by molar-refractivity contribution is 5.97. The second-order valence-electron chi connectivity index (χ2n) is 5.10. The van der Waals surface area contributed by atoms with Crippen LogP contribution >= 0.6 is 0 Å². The van der Waals surface area contributed by atoms with Crippen LogP contribution in [0.15, 0.2) is 54.6 Å². The first-order valence-electron chi connectivity index (χ1n) is 6.76. The zero-order valence-electron chi connectivity index (χ0n) is 11.4. The van der Waals surface area contributed by atoms with Crippen molar-refractivity contribution >= 4 is 5.91 Å². The molecule has 0 radical (unpaired) electrons. The van der Waals surface area contributed by atoms with Gasteiger partial charge in [-0.3, -0.25) is 4.79 Å². The van der Waals surface area contributed by atoms with Gasteiger partial charge in [0.05, 0.1) is 18.2 Å². The molecule has 1 fully saturated rings. The molecule has 0 saturated heterocycles. The van der Waals surface area contributed by atoms with Gasteiger partial charge in [0.2, 0.25) is 0 Å². The number of benzene rings is 2. The first kappa shape index (κ1) is 12.7. The van der Waals surface area contributed by atoms with E-state index in [4.69, 9.17) is 4.74 Å². The second kappa shape index (κ2) is 5.00. The largest absolute Gasteiger partial charge is 0.496 e. The number of nitrogens with one attached hydrogen (secondary N) is 1. The Morgan fingerprint density at radius 2 is 1.70 bits per heavy atom. The molecule has 3 nitrogen and oxygen atoms in total. The van der Waals surface area contributed by atoms with Gasteiger partial charge >= 0.3 is 0 Å². The van der Waals surface area contributed by atoms with Crippen LogP contribution in [0.25, 0.3) is 0 Å². The monoisotopic (exact) mass is 267 g/mol. The summed E-state index contributed by atoms with van der Waals surface area (Å²) in [5.41, 5.74) is 1.56. The number of rotatable bonds is 4. The van der Waals surface area contributed by atoms with Gasteiger partial charge in [0.25, 0.3) is 5.91 Å². The van der Waals surface area contributed by atoms with Crippen molar-refractivity contribution in [3.63, 3.8) is 0 Å². The van der Waals surface area contributed by atoms with Crippen molar-refractivity contribution < 1.29 is 9.53 Å². The van der Waals surface area contributed by atoms with Crippen LogP contribution in [0.3, 0.4) is 0 Å². The number of hydrogen-bond acceptors (Lipinski definition) is 2. The molecule has 102 valence electrons. The summed E-state index contributed by atoms with van der Waals surface area (Å²) in [6.45, 7) is 0. The topological polar surface area (TPSA) is 38.3 Å². The Balaban J connectivity index is 1.83. The average molecular weight is 267 g/mol. The standard InChI is InChI=1S/C17H17NO2/c1-20-15-10-6-5-9-14(15)16(19)18-17(11-12-17)13-7-3-2-4-8-13/h2-10H,11-12H2,1H3,(H,18,19). The lowest BCUT2D eigenvalue weighted by molar-refractivity contribution is 0.0928. The van der Waals surface area contributed by atoms with Crippen molar-refractivity contribution in [2.24, 2.45) is 0 Å². The highest BCUT2D eigenvalue weighted by Gasteiger charge is 2.45. The molecule has 3 rings (SSSR count). The highest BCUT2D eigenvalue weighted by Crippen LogP contribution is 2.45. The quantitative estimate of drug-likeness (QED) is 0.924. The van der Waals surface area contributed by atoms with Gasteiger partial charge in [-0.15, -0.1) is 0 Å². The maximum Gasteiger partial charge on any atom is 0.255 e. The van der Waals surface area contributed by atoms with E-state index in [2.05, 4.69) is 17.4 Å². The van der Waals surface area contributed by atoms with E-state index in [1.807, 2.05) is 30.3 Å². The van der Waals surface area contributed by atoms with Crippen molar-refractivity contribution in [1.29, 1.82) is 0 Å². The van der Waals surface area contributed by atoms with Crippen LogP contribution in [0.2, 0.25) is 0 Å². The predicted octanol–water partition coefficient (Wildman–Crippen LogP) is 3.11. The van der Waals surface area contributed by atoms with Crippen molar-refractivity contribution in [3.8, 4) is 5.75 Å². The van der Waals surface area contributed by atoms with E-state index >= 15 is 0 Å². The molecule has 1 saturated carbocycles. The van der Waals surface area contributed by atoms with Crippen LogP contribution in [-0.2, 0) is 5.54 Å². The maximum atomic E-state index is 12.5. The number of carbonyl (C=O) groups excluding carboxylic acids is 1. The molecule has 1 aliphatic rings. The average Bonchev–Trinajstić information content (AvgIpc) is 3.29. The third kappa shape index (κ3) is 2.27. The number of carbonyl (C=O) groups is 1. The van der Waals surface area contributed by atoms with Gasteiger partial charge in [-0.2, -0.15) is 0 Å². The first-order chi connectivity index (χ1) is 9.75. The molecule has 1 aliphatic carbocycles. The predicted molar refractivity (Wildman–Crippen MR) is 77.8 cm³/mol. The van der Waals surface area contributed by atoms with Crippen LogP contribution < -0.4 is 10.1 Å². The van der Waals surface area contributed by atoms with Gasteiger partial charge < -0.3 is 10.1 Å². The SMILES string of the molecule is COc1ccccc1C(=O)NC1(c2ccccc2)CC1. The minimum absolute atomic E-state index is 0.0798. The third-order valence-electron chi connectivity index (χ3n) is 3.78. The Kier molecular flexibility index (Phi) is 3.18. The molecule has 1 N–H and O–H groups in total. The van der Waals surface area contributed by atoms with Gasteiger partial charge in [-0.05, 0) is 30.5 Å². The van der Waals surface area contributed by atoms with Crippen LogP contribution in [0, 0.1) is 0 Å². The van der Waals surface area contributed by atoms with E-state index in [9.17, 15) is 4.79 Å². The molecule has 0 aromatic heterocycles. The number of para-hydroxylation sites is 1. The smallest absolute Gasteiger partial charge is 0.255 e. The summed E-state index contributed by atoms with van der Waals surface area (Å²) in [4.78, 5) is 12.5. The molecule has 2 aromatic rings. The van der Waals surface area contributed by atoms with E-state index < -0.39 is 0 Å². The molecule has 0 bridgehead atoms. The summed E-state index contributed by atoms with van der Waals surface area (Å²) in [7, 11) is 1.58. The molecule has 1 amide bonds. The van der Waals surface area contributed by atoms with E-state index in [0.717, 1.165) is 12.8 Å². The van der Waals surface area contributed by atoms with E-state index in [0.29, 0.717) is 11.3 Å². The van der Waals surface area contributed by atoms with E-state index in [1.54, 1.807) is 19.2 Å². The summed E-state index contributed by atoms with van der Waals surface area (Å²) < 4.78 is 5.25. The third-order valence-corrected chi connectivity index (χ3v) is 3.78. The number of hydrogen-bond donors (Lipinski definition) is 1. The van der Waals surface area contributed by atoms with Crippen LogP contribution in [0.4, 0.5) is 0 Å². The first-order valence-corrected chi connectivity index (χ1v) is 6.76. The minimum Gasteiger partial charge on any atom is -0.496 e. The normalized spacial score (nSPS) is 15.4. The zero-order valence-corrected chi connectivity index (χ0v) is 11.4. The molecule has 2 aromatic carbocycles. The Bertz CT molecular complexity index is 618. The van der Waals surface area contributed by atoms with Gasteiger partial charge in [-0.1, -0.05) is 42.5 Å². The molecule has 0 heterocycles. The lowest BCUT2D eigenvalue weighted by Crippen LogP contribution is -2.35. The Morgan fingerprint density at radius 1 is 1.05 bits per heavy atom. The minimum atomic E-state index is -0.195. The van der Waals surface area contributed by atoms with Crippen molar-refractivity contribution in [2.75, 3.05) is 7.11 Å². The van der Waals surface area contributed by atoms with Gasteiger partial charge in [-0.25, -0.2) is 0 Å². The Morgan fingerprint density at radius 3 is 2.35 bits per heavy atom. The number of methoxy groups -OCH3 is 1. The summed E-state index contributed by atoms with van der Waals surface area (Å²) in [6, 6.07) is 17.4.